The predicted octanol–water partition coefficient (Wildman–Crippen LogP) is -0.223. The zero-order chi connectivity index (χ0) is 10.3. The third-order valence-corrected chi connectivity index (χ3v) is 1.82. The average Bonchev–Trinajstić information content (AvgIpc) is 2.14. The van der Waals surface area contributed by atoms with Crippen LogP contribution in [0.5, 0.6) is 0 Å². The Morgan fingerprint density at radius 1 is 1.77 bits per heavy atom. The molecule has 0 saturated heterocycles. The number of nitrogens with one attached hydrogen (secondary N) is 1. The maximum absolute atomic E-state index is 11.3. The van der Waals surface area contributed by atoms with Crippen molar-refractivity contribution in [3.63, 3.8) is 0 Å². The number of aliphatic hydroxyl groups excluding tert-OH is 1. The molecule has 1 amide bonds. The first-order valence-corrected chi connectivity index (χ1v) is 4.43. The first-order chi connectivity index (χ1) is 6.15. The lowest BCUT2D eigenvalue weighted by Crippen LogP contribution is -2.46. The lowest BCUT2D eigenvalue weighted by molar-refractivity contribution is -0.123. The summed E-state index contributed by atoms with van der Waals surface area (Å²) in [5, 5.41) is 11.5. The lowest BCUT2D eigenvalue weighted by atomic mass is 10.1. The molecule has 0 heterocycles. The Hall–Kier alpha value is -0.870. The topological polar surface area (TPSA) is 75.4 Å². The van der Waals surface area contributed by atoms with Crippen molar-refractivity contribution in [1.29, 1.82) is 0 Å². The molecule has 4 nitrogen and oxygen atoms in total. The molecule has 0 saturated carbocycles. The summed E-state index contributed by atoms with van der Waals surface area (Å²) in [5.41, 5.74) is 5.52. The first kappa shape index (κ1) is 12.1. The molecule has 0 spiro atoms. The molecule has 4 N–H and O–H groups in total. The summed E-state index contributed by atoms with van der Waals surface area (Å²) in [4.78, 5) is 11.3. The maximum Gasteiger partial charge on any atom is 0.237 e. The molecule has 76 valence electrons. The highest BCUT2D eigenvalue weighted by molar-refractivity contribution is 5.81. The molecule has 2 unspecified atom stereocenters. The summed E-state index contributed by atoms with van der Waals surface area (Å²) >= 11 is 0. The minimum Gasteiger partial charge on any atom is -0.394 e. The van der Waals surface area contributed by atoms with Crippen LogP contribution in [0, 0.1) is 0 Å². The Labute approximate surface area is 78.8 Å². The van der Waals surface area contributed by atoms with E-state index in [9.17, 15) is 4.79 Å². The van der Waals surface area contributed by atoms with E-state index in [0.717, 1.165) is 0 Å². The van der Waals surface area contributed by atoms with E-state index in [1.807, 2.05) is 6.92 Å². The highest BCUT2D eigenvalue weighted by Crippen LogP contribution is 1.93. The van der Waals surface area contributed by atoms with Crippen molar-refractivity contribution in [2.24, 2.45) is 5.73 Å². The molecule has 0 aromatic heterocycles. The molecule has 0 bridgehead atoms. The van der Waals surface area contributed by atoms with Crippen LogP contribution in [0.15, 0.2) is 12.7 Å². The minimum absolute atomic E-state index is 0.0525. The van der Waals surface area contributed by atoms with Gasteiger partial charge in [0, 0.05) is 0 Å². The van der Waals surface area contributed by atoms with Gasteiger partial charge in [-0.1, -0.05) is 13.0 Å². The fourth-order valence-electron chi connectivity index (χ4n) is 0.872. The summed E-state index contributed by atoms with van der Waals surface area (Å²) < 4.78 is 0. The highest BCUT2D eigenvalue weighted by Gasteiger charge is 2.14. The monoisotopic (exact) mass is 186 g/mol. The van der Waals surface area contributed by atoms with Gasteiger partial charge in [-0.25, -0.2) is 0 Å². The second kappa shape index (κ2) is 6.62. The van der Waals surface area contributed by atoms with Crippen LogP contribution in [0.3, 0.4) is 0 Å². The fourth-order valence-corrected chi connectivity index (χ4v) is 0.872. The number of amides is 1. The third-order valence-electron chi connectivity index (χ3n) is 1.82. The normalized spacial score (nSPS) is 14.7. The maximum atomic E-state index is 11.3. The van der Waals surface area contributed by atoms with Gasteiger partial charge in [-0.05, 0) is 12.8 Å². The van der Waals surface area contributed by atoms with Crippen molar-refractivity contribution in [2.75, 3.05) is 6.61 Å². The third kappa shape index (κ3) is 4.65. The van der Waals surface area contributed by atoms with E-state index >= 15 is 0 Å². The molecule has 0 aliphatic carbocycles. The first-order valence-electron chi connectivity index (χ1n) is 4.43. The average molecular weight is 186 g/mol. The van der Waals surface area contributed by atoms with E-state index in [4.69, 9.17) is 10.8 Å². The fraction of sp³-hybridized carbons (Fsp3) is 0.667. The highest BCUT2D eigenvalue weighted by atomic mass is 16.3. The van der Waals surface area contributed by atoms with Gasteiger partial charge in [0.05, 0.1) is 18.7 Å². The Morgan fingerprint density at radius 3 is 2.77 bits per heavy atom. The van der Waals surface area contributed by atoms with E-state index in [-0.39, 0.29) is 18.6 Å². The number of hydrogen-bond donors (Lipinski definition) is 3. The Kier molecular flexibility index (Phi) is 6.18. The molecular formula is C9H18N2O2. The summed E-state index contributed by atoms with van der Waals surface area (Å²) in [6, 6.07) is -0.749. The number of carbonyl (C=O) groups is 1. The SMILES string of the molecule is C=CCC(N)C(=O)NC(CC)CO. The van der Waals surface area contributed by atoms with E-state index < -0.39 is 6.04 Å². The van der Waals surface area contributed by atoms with Gasteiger partial charge in [-0.15, -0.1) is 6.58 Å². The smallest absolute Gasteiger partial charge is 0.237 e. The molecule has 0 radical (unpaired) electrons. The Morgan fingerprint density at radius 2 is 2.38 bits per heavy atom. The summed E-state index contributed by atoms with van der Waals surface area (Å²) in [6.07, 6.45) is 2.75. The summed E-state index contributed by atoms with van der Waals surface area (Å²) in [7, 11) is 0. The molecular weight excluding hydrogens is 168 g/mol. The number of hydrogen-bond acceptors (Lipinski definition) is 3. The lowest BCUT2D eigenvalue weighted by Gasteiger charge is -2.16. The van der Waals surface area contributed by atoms with Crippen LogP contribution in [0.1, 0.15) is 19.8 Å². The summed E-state index contributed by atoms with van der Waals surface area (Å²) in [6.45, 7) is 5.33. The number of aliphatic hydroxyl groups is 1. The second-order valence-corrected chi connectivity index (χ2v) is 2.93. The Bertz CT molecular complexity index is 167. The van der Waals surface area contributed by atoms with Crippen molar-refractivity contribution in [3.8, 4) is 0 Å². The number of carbonyl (C=O) groups excluding carboxylic acids is 1. The van der Waals surface area contributed by atoms with Crippen LogP contribution in [-0.2, 0) is 4.79 Å². The molecule has 13 heavy (non-hydrogen) atoms. The minimum atomic E-state index is -0.557. The molecule has 4 heteroatoms. The van der Waals surface area contributed by atoms with Gasteiger partial charge in [0.25, 0.3) is 0 Å². The summed E-state index contributed by atoms with van der Waals surface area (Å²) in [5.74, 6) is -0.235. The van der Waals surface area contributed by atoms with Crippen molar-refractivity contribution in [2.45, 2.75) is 31.8 Å². The van der Waals surface area contributed by atoms with Gasteiger partial charge in [0.2, 0.25) is 5.91 Å². The second-order valence-electron chi connectivity index (χ2n) is 2.93. The van der Waals surface area contributed by atoms with Gasteiger partial charge in [0.1, 0.15) is 0 Å². The van der Waals surface area contributed by atoms with E-state index in [1.165, 1.54) is 0 Å². The van der Waals surface area contributed by atoms with E-state index in [0.29, 0.717) is 12.8 Å². The van der Waals surface area contributed by atoms with Crippen molar-refractivity contribution in [1.82, 2.24) is 5.32 Å². The van der Waals surface area contributed by atoms with Crippen molar-refractivity contribution in [3.05, 3.63) is 12.7 Å². The van der Waals surface area contributed by atoms with Gasteiger partial charge in [-0.2, -0.15) is 0 Å². The zero-order valence-corrected chi connectivity index (χ0v) is 7.99. The van der Waals surface area contributed by atoms with Crippen LogP contribution in [0.4, 0.5) is 0 Å². The van der Waals surface area contributed by atoms with Crippen LogP contribution in [0.2, 0.25) is 0 Å². The van der Waals surface area contributed by atoms with Crippen LogP contribution in [-0.4, -0.2) is 29.7 Å². The molecule has 0 aromatic carbocycles. The van der Waals surface area contributed by atoms with Crippen LogP contribution < -0.4 is 11.1 Å². The van der Waals surface area contributed by atoms with E-state index in [1.54, 1.807) is 6.08 Å². The van der Waals surface area contributed by atoms with Gasteiger partial charge in [-0.3, -0.25) is 4.79 Å². The number of nitrogens with two attached hydrogens (primary N) is 1. The van der Waals surface area contributed by atoms with Crippen molar-refractivity contribution < 1.29 is 9.90 Å². The molecule has 0 aliphatic rings. The largest absolute Gasteiger partial charge is 0.394 e. The van der Waals surface area contributed by atoms with E-state index in [2.05, 4.69) is 11.9 Å². The standard InChI is InChI=1S/C9H18N2O2/c1-3-5-8(10)9(13)11-7(4-2)6-12/h3,7-8,12H,1,4-6,10H2,2H3,(H,11,13). The quantitative estimate of drug-likeness (QED) is 0.502. The molecule has 0 aliphatic heterocycles. The molecule has 0 fully saturated rings. The van der Waals surface area contributed by atoms with Gasteiger partial charge in [0.15, 0.2) is 0 Å². The van der Waals surface area contributed by atoms with Gasteiger partial charge < -0.3 is 16.2 Å². The zero-order valence-electron chi connectivity index (χ0n) is 7.99. The predicted molar refractivity (Wildman–Crippen MR) is 52.1 cm³/mol. The van der Waals surface area contributed by atoms with Gasteiger partial charge >= 0.3 is 0 Å². The molecule has 0 rings (SSSR count). The molecule has 2 atom stereocenters. The molecule has 0 aromatic rings. The van der Waals surface area contributed by atoms with Crippen LogP contribution in [0.25, 0.3) is 0 Å². The Balaban J connectivity index is 3.89. The van der Waals surface area contributed by atoms with Crippen LogP contribution >= 0.6 is 0 Å². The number of rotatable bonds is 6. The van der Waals surface area contributed by atoms with Crippen molar-refractivity contribution >= 4 is 5.91 Å².